The fourth-order valence-corrected chi connectivity index (χ4v) is 3.30. The molecule has 0 fully saturated rings. The second kappa shape index (κ2) is 9.31. The van der Waals surface area contributed by atoms with Crippen molar-refractivity contribution in [3.63, 3.8) is 0 Å². The van der Waals surface area contributed by atoms with Crippen LogP contribution in [0.25, 0.3) is 22.2 Å². The summed E-state index contributed by atoms with van der Waals surface area (Å²) in [6, 6.07) is 23.8. The molecular weight excluding hydrogens is 404 g/mol. The van der Waals surface area contributed by atoms with Gasteiger partial charge < -0.3 is 14.8 Å². The van der Waals surface area contributed by atoms with Gasteiger partial charge in [0.25, 0.3) is 5.91 Å². The average molecular weight is 426 g/mol. The van der Waals surface area contributed by atoms with Crippen molar-refractivity contribution in [2.24, 2.45) is 0 Å². The Hall–Kier alpha value is -4.19. The van der Waals surface area contributed by atoms with Crippen LogP contribution in [0.2, 0.25) is 0 Å². The van der Waals surface area contributed by atoms with E-state index in [1.807, 2.05) is 67.6 Å². The molecule has 4 aromatic rings. The predicted molar refractivity (Wildman–Crippen MR) is 124 cm³/mol. The molecule has 0 radical (unpaired) electrons. The molecule has 1 aromatic heterocycles. The lowest BCUT2D eigenvalue weighted by Gasteiger charge is -2.11. The summed E-state index contributed by atoms with van der Waals surface area (Å²) in [7, 11) is 1.60. The van der Waals surface area contributed by atoms with Crippen LogP contribution in [0.4, 0.5) is 5.69 Å². The Balaban J connectivity index is 1.55. The molecule has 0 atom stereocenters. The van der Waals surface area contributed by atoms with Gasteiger partial charge in [-0.25, -0.2) is 9.78 Å². The number of hydrogen-bond donors (Lipinski definition) is 1. The molecule has 32 heavy (non-hydrogen) atoms. The summed E-state index contributed by atoms with van der Waals surface area (Å²) in [5.41, 5.74) is 4.21. The van der Waals surface area contributed by atoms with Crippen LogP contribution in [-0.4, -0.2) is 30.6 Å². The van der Waals surface area contributed by atoms with Crippen molar-refractivity contribution < 1.29 is 19.1 Å². The van der Waals surface area contributed by atoms with Crippen LogP contribution in [0.1, 0.15) is 15.9 Å². The van der Waals surface area contributed by atoms with E-state index in [0.717, 1.165) is 16.9 Å². The number of ether oxygens (including phenoxy) is 2. The van der Waals surface area contributed by atoms with Crippen molar-refractivity contribution in [2.75, 3.05) is 19.0 Å². The smallest absolute Gasteiger partial charge is 0.339 e. The van der Waals surface area contributed by atoms with Gasteiger partial charge in [0, 0.05) is 16.6 Å². The number of benzene rings is 3. The average Bonchev–Trinajstić information content (AvgIpc) is 2.83. The number of rotatable bonds is 6. The number of methoxy groups -OCH3 is 1. The van der Waals surface area contributed by atoms with E-state index in [2.05, 4.69) is 10.3 Å². The van der Waals surface area contributed by atoms with Gasteiger partial charge in [-0.1, -0.05) is 35.9 Å². The fraction of sp³-hybridized carbons (Fsp3) is 0.115. The van der Waals surface area contributed by atoms with Gasteiger partial charge in [-0.3, -0.25) is 4.79 Å². The largest absolute Gasteiger partial charge is 0.497 e. The normalized spacial score (nSPS) is 10.6. The molecule has 0 aliphatic carbocycles. The molecule has 4 rings (SSSR count). The molecule has 6 heteroatoms. The minimum atomic E-state index is -0.586. The Kier molecular flexibility index (Phi) is 6.12. The molecule has 0 aliphatic heterocycles. The number of nitrogens with one attached hydrogen (secondary N) is 1. The summed E-state index contributed by atoms with van der Waals surface area (Å²) in [4.78, 5) is 29.8. The van der Waals surface area contributed by atoms with Crippen LogP contribution in [0, 0.1) is 6.92 Å². The molecule has 1 amide bonds. The van der Waals surface area contributed by atoms with Crippen molar-refractivity contribution in [1.29, 1.82) is 0 Å². The van der Waals surface area contributed by atoms with E-state index in [0.29, 0.717) is 27.8 Å². The first-order chi connectivity index (χ1) is 15.5. The minimum absolute atomic E-state index is 0.351. The molecule has 6 nitrogen and oxygen atoms in total. The van der Waals surface area contributed by atoms with E-state index in [1.165, 1.54) is 0 Å². The number of nitrogens with zero attached hydrogens (tertiary/aromatic N) is 1. The molecule has 3 aromatic carbocycles. The van der Waals surface area contributed by atoms with E-state index >= 15 is 0 Å². The van der Waals surface area contributed by atoms with Crippen molar-refractivity contribution in [3.8, 4) is 17.0 Å². The first-order valence-corrected chi connectivity index (χ1v) is 10.1. The van der Waals surface area contributed by atoms with Crippen LogP contribution in [0.5, 0.6) is 5.75 Å². The minimum Gasteiger partial charge on any atom is -0.497 e. The first kappa shape index (κ1) is 21.1. The first-order valence-electron chi connectivity index (χ1n) is 10.1. The maximum absolute atomic E-state index is 12.9. The number of anilines is 1. The topological polar surface area (TPSA) is 77.5 Å². The van der Waals surface area contributed by atoms with Crippen LogP contribution >= 0.6 is 0 Å². The molecule has 0 spiro atoms. The molecule has 0 saturated heterocycles. The highest BCUT2D eigenvalue weighted by atomic mass is 16.5. The number of fused-ring (bicyclic) bond motifs is 1. The van der Waals surface area contributed by atoms with Gasteiger partial charge in [0.2, 0.25) is 0 Å². The highest BCUT2D eigenvalue weighted by Crippen LogP contribution is 2.26. The number of hydrogen-bond acceptors (Lipinski definition) is 5. The van der Waals surface area contributed by atoms with Gasteiger partial charge in [-0.2, -0.15) is 0 Å². The van der Waals surface area contributed by atoms with Crippen LogP contribution in [-0.2, 0) is 9.53 Å². The highest BCUT2D eigenvalue weighted by molar-refractivity contribution is 6.05. The Labute approximate surface area is 185 Å². The summed E-state index contributed by atoms with van der Waals surface area (Å²) in [5.74, 6) is -0.262. The second-order valence-electron chi connectivity index (χ2n) is 7.29. The van der Waals surface area contributed by atoms with E-state index in [1.54, 1.807) is 25.3 Å². The lowest BCUT2D eigenvalue weighted by atomic mass is 10.0. The third-order valence-corrected chi connectivity index (χ3v) is 4.99. The molecule has 0 bridgehead atoms. The van der Waals surface area contributed by atoms with E-state index in [-0.39, 0.29) is 6.61 Å². The Morgan fingerprint density at radius 2 is 1.66 bits per heavy atom. The molecular formula is C26H22N2O4. The molecule has 1 heterocycles. The second-order valence-corrected chi connectivity index (χ2v) is 7.29. The van der Waals surface area contributed by atoms with Crippen molar-refractivity contribution in [2.45, 2.75) is 6.92 Å². The summed E-state index contributed by atoms with van der Waals surface area (Å²) in [6.07, 6.45) is 0. The Morgan fingerprint density at radius 3 is 2.38 bits per heavy atom. The third-order valence-electron chi connectivity index (χ3n) is 4.99. The number of aryl methyl sites for hydroxylation is 1. The number of carbonyl (C=O) groups is 2. The Morgan fingerprint density at radius 1 is 0.938 bits per heavy atom. The Bertz CT molecular complexity index is 1270. The summed E-state index contributed by atoms with van der Waals surface area (Å²) >= 11 is 0. The molecule has 160 valence electrons. The number of esters is 1. The van der Waals surface area contributed by atoms with Gasteiger partial charge in [0.05, 0.1) is 23.9 Å². The standard InChI is InChI=1S/C26H22N2O4/c1-17-7-11-19(12-8-17)27-25(29)16-32-26(30)22-15-24(18-9-13-20(31-2)14-10-18)28-23-6-4-3-5-21(22)23/h3-15H,16H2,1-2H3,(H,27,29). The molecule has 1 N–H and O–H groups in total. The van der Waals surface area contributed by atoms with Crippen LogP contribution < -0.4 is 10.1 Å². The van der Waals surface area contributed by atoms with Crippen molar-refractivity contribution >= 4 is 28.5 Å². The van der Waals surface area contributed by atoms with Gasteiger partial charge in [-0.15, -0.1) is 0 Å². The van der Waals surface area contributed by atoms with E-state index < -0.39 is 11.9 Å². The lowest BCUT2D eigenvalue weighted by molar-refractivity contribution is -0.119. The third kappa shape index (κ3) is 4.75. The number of pyridine rings is 1. The van der Waals surface area contributed by atoms with Gasteiger partial charge in [0.15, 0.2) is 6.61 Å². The number of amides is 1. The molecule has 0 saturated carbocycles. The quantitative estimate of drug-likeness (QED) is 0.438. The maximum atomic E-state index is 12.9. The fourth-order valence-electron chi connectivity index (χ4n) is 3.30. The number of aromatic nitrogens is 1. The summed E-state index contributed by atoms with van der Waals surface area (Å²) in [6.45, 7) is 1.58. The summed E-state index contributed by atoms with van der Waals surface area (Å²) in [5, 5.41) is 3.38. The SMILES string of the molecule is COc1ccc(-c2cc(C(=O)OCC(=O)Nc3ccc(C)cc3)c3ccccc3n2)cc1. The number of carbonyl (C=O) groups excluding carboxylic acids is 2. The van der Waals surface area contributed by atoms with Crippen molar-refractivity contribution in [1.82, 2.24) is 4.98 Å². The highest BCUT2D eigenvalue weighted by Gasteiger charge is 2.16. The molecule has 0 unspecified atom stereocenters. The molecule has 0 aliphatic rings. The summed E-state index contributed by atoms with van der Waals surface area (Å²) < 4.78 is 10.5. The monoisotopic (exact) mass is 426 g/mol. The van der Waals surface area contributed by atoms with Crippen LogP contribution in [0.15, 0.2) is 78.9 Å². The van der Waals surface area contributed by atoms with Crippen LogP contribution in [0.3, 0.4) is 0 Å². The van der Waals surface area contributed by atoms with Crippen molar-refractivity contribution in [3.05, 3.63) is 90.0 Å². The van der Waals surface area contributed by atoms with Gasteiger partial charge >= 0.3 is 5.97 Å². The predicted octanol–water partition coefficient (Wildman–Crippen LogP) is 5.01. The van der Waals surface area contributed by atoms with Gasteiger partial charge in [-0.05, 0) is 55.5 Å². The number of para-hydroxylation sites is 1. The van der Waals surface area contributed by atoms with E-state index in [9.17, 15) is 9.59 Å². The van der Waals surface area contributed by atoms with Gasteiger partial charge in [0.1, 0.15) is 5.75 Å². The van der Waals surface area contributed by atoms with E-state index in [4.69, 9.17) is 9.47 Å². The maximum Gasteiger partial charge on any atom is 0.339 e. The zero-order chi connectivity index (χ0) is 22.5. The zero-order valence-electron chi connectivity index (χ0n) is 17.8. The zero-order valence-corrected chi connectivity index (χ0v) is 17.8. The lowest BCUT2D eigenvalue weighted by Crippen LogP contribution is -2.21.